The summed E-state index contributed by atoms with van der Waals surface area (Å²) in [4.78, 5) is 6.30. The van der Waals surface area contributed by atoms with Crippen molar-refractivity contribution in [2.24, 2.45) is 0 Å². The number of nitrogens with two attached hydrogens (primary N) is 1. The standard InChI is InChI=1S/C10H17N3O2S2/c1-13(9-3-5-17(14,15)7-9)4-2-8-6-16-10(11)12-8/h6,9H,2-5,7H2,1H3,(H2,11,12). The molecule has 1 aliphatic rings. The van der Waals surface area contributed by atoms with E-state index in [0.29, 0.717) is 16.6 Å². The van der Waals surface area contributed by atoms with Crippen molar-refractivity contribution in [3.05, 3.63) is 11.1 Å². The molecule has 2 N–H and O–H groups in total. The van der Waals surface area contributed by atoms with Gasteiger partial charge in [-0.15, -0.1) is 11.3 Å². The van der Waals surface area contributed by atoms with Crippen LogP contribution in [-0.4, -0.2) is 49.4 Å². The van der Waals surface area contributed by atoms with Gasteiger partial charge in [-0.2, -0.15) is 0 Å². The molecule has 17 heavy (non-hydrogen) atoms. The van der Waals surface area contributed by atoms with Crippen molar-refractivity contribution in [1.29, 1.82) is 0 Å². The normalized spacial score (nSPS) is 23.3. The van der Waals surface area contributed by atoms with Gasteiger partial charge in [-0.25, -0.2) is 13.4 Å². The molecule has 2 rings (SSSR count). The Morgan fingerprint density at radius 2 is 2.41 bits per heavy atom. The second-order valence-corrected chi connectivity index (χ2v) is 7.58. The maximum atomic E-state index is 11.4. The molecule has 96 valence electrons. The maximum absolute atomic E-state index is 11.4. The Morgan fingerprint density at radius 1 is 1.65 bits per heavy atom. The fourth-order valence-corrected chi connectivity index (χ4v) is 4.44. The predicted molar refractivity (Wildman–Crippen MR) is 69.9 cm³/mol. The monoisotopic (exact) mass is 275 g/mol. The fraction of sp³-hybridized carbons (Fsp3) is 0.700. The average molecular weight is 275 g/mol. The van der Waals surface area contributed by atoms with Crippen molar-refractivity contribution >= 4 is 26.3 Å². The van der Waals surface area contributed by atoms with Crippen LogP contribution in [0.25, 0.3) is 0 Å². The molecule has 0 bridgehead atoms. The van der Waals surface area contributed by atoms with Gasteiger partial charge in [0.2, 0.25) is 0 Å². The van der Waals surface area contributed by atoms with E-state index >= 15 is 0 Å². The van der Waals surface area contributed by atoms with Crippen molar-refractivity contribution < 1.29 is 8.42 Å². The van der Waals surface area contributed by atoms with Crippen LogP contribution in [0.2, 0.25) is 0 Å². The molecule has 2 heterocycles. The van der Waals surface area contributed by atoms with Crippen LogP contribution in [0.15, 0.2) is 5.38 Å². The number of sulfone groups is 1. The van der Waals surface area contributed by atoms with Crippen LogP contribution in [0.5, 0.6) is 0 Å². The maximum Gasteiger partial charge on any atom is 0.180 e. The molecule has 1 aliphatic heterocycles. The molecule has 7 heteroatoms. The van der Waals surface area contributed by atoms with Crippen molar-refractivity contribution in [2.75, 3.05) is 30.8 Å². The summed E-state index contributed by atoms with van der Waals surface area (Å²) >= 11 is 1.44. The number of anilines is 1. The van der Waals surface area contributed by atoms with Crippen LogP contribution in [0.3, 0.4) is 0 Å². The first-order valence-electron chi connectivity index (χ1n) is 5.57. The van der Waals surface area contributed by atoms with E-state index in [2.05, 4.69) is 9.88 Å². The topological polar surface area (TPSA) is 76.3 Å². The zero-order valence-electron chi connectivity index (χ0n) is 9.80. The molecule has 5 nitrogen and oxygen atoms in total. The summed E-state index contributed by atoms with van der Waals surface area (Å²) in [5.41, 5.74) is 6.54. The minimum Gasteiger partial charge on any atom is -0.375 e. The Balaban J connectivity index is 1.84. The van der Waals surface area contributed by atoms with Crippen LogP contribution < -0.4 is 5.73 Å². The number of hydrogen-bond acceptors (Lipinski definition) is 6. The third-order valence-corrected chi connectivity index (χ3v) is 5.59. The van der Waals surface area contributed by atoms with Crippen molar-refractivity contribution in [1.82, 2.24) is 9.88 Å². The number of thiazole rings is 1. The molecule has 1 unspecified atom stereocenters. The highest BCUT2D eigenvalue weighted by molar-refractivity contribution is 7.91. The molecule has 0 saturated carbocycles. The summed E-state index contributed by atoms with van der Waals surface area (Å²) in [6, 6.07) is 0.163. The highest BCUT2D eigenvalue weighted by Gasteiger charge is 2.30. The summed E-state index contributed by atoms with van der Waals surface area (Å²) in [5.74, 6) is 0.619. The lowest BCUT2D eigenvalue weighted by molar-refractivity contribution is 0.265. The van der Waals surface area contributed by atoms with Crippen LogP contribution in [0, 0.1) is 0 Å². The van der Waals surface area contributed by atoms with E-state index in [1.165, 1.54) is 11.3 Å². The first kappa shape index (κ1) is 12.8. The molecule has 0 radical (unpaired) electrons. The number of likely N-dealkylation sites (N-methyl/N-ethyl adjacent to an activating group) is 1. The Bertz CT molecular complexity index is 483. The van der Waals surface area contributed by atoms with Crippen molar-refractivity contribution in [2.45, 2.75) is 18.9 Å². The Labute approximate surface area is 106 Å². The predicted octanol–water partition coefficient (Wildman–Crippen LogP) is 0.387. The fourth-order valence-electron chi connectivity index (χ4n) is 2.03. The van der Waals surface area contributed by atoms with Crippen LogP contribution in [-0.2, 0) is 16.3 Å². The molecule has 0 spiro atoms. The van der Waals surface area contributed by atoms with Gasteiger partial charge in [0.1, 0.15) is 0 Å². The highest BCUT2D eigenvalue weighted by Crippen LogP contribution is 2.17. The van der Waals surface area contributed by atoms with Crippen LogP contribution in [0.4, 0.5) is 5.13 Å². The summed E-state index contributed by atoms with van der Waals surface area (Å²) in [6.45, 7) is 0.823. The third-order valence-electron chi connectivity index (χ3n) is 3.12. The molecule has 1 aromatic heterocycles. The average Bonchev–Trinajstić information content (AvgIpc) is 2.81. The van der Waals surface area contributed by atoms with E-state index in [4.69, 9.17) is 5.73 Å². The Hall–Kier alpha value is -0.660. The Kier molecular flexibility index (Phi) is 3.70. The van der Waals surface area contributed by atoms with Crippen molar-refractivity contribution in [3.63, 3.8) is 0 Å². The van der Waals surface area contributed by atoms with Gasteiger partial charge in [-0.3, -0.25) is 0 Å². The quantitative estimate of drug-likeness (QED) is 0.860. The van der Waals surface area contributed by atoms with Gasteiger partial charge in [0.05, 0.1) is 17.2 Å². The summed E-state index contributed by atoms with van der Waals surface area (Å²) in [6.07, 6.45) is 1.57. The first-order valence-corrected chi connectivity index (χ1v) is 8.27. The molecule has 1 saturated heterocycles. The van der Waals surface area contributed by atoms with Gasteiger partial charge in [0.25, 0.3) is 0 Å². The smallest absolute Gasteiger partial charge is 0.180 e. The third kappa shape index (κ3) is 3.40. The molecule has 0 aromatic carbocycles. The molecule has 0 aliphatic carbocycles. The van der Waals surface area contributed by atoms with E-state index in [-0.39, 0.29) is 6.04 Å². The first-order chi connectivity index (χ1) is 7.96. The van der Waals surface area contributed by atoms with Gasteiger partial charge in [-0.1, -0.05) is 0 Å². The largest absolute Gasteiger partial charge is 0.375 e. The molecular formula is C10H17N3O2S2. The molecule has 1 fully saturated rings. The number of nitrogen functional groups attached to an aromatic ring is 1. The number of rotatable bonds is 4. The van der Waals surface area contributed by atoms with E-state index in [0.717, 1.165) is 25.1 Å². The summed E-state index contributed by atoms with van der Waals surface area (Å²) < 4.78 is 22.7. The minimum absolute atomic E-state index is 0.163. The van der Waals surface area contributed by atoms with Crippen molar-refractivity contribution in [3.8, 4) is 0 Å². The second kappa shape index (κ2) is 4.91. The molecule has 0 amide bonds. The number of nitrogens with zero attached hydrogens (tertiary/aromatic N) is 2. The van der Waals surface area contributed by atoms with Gasteiger partial charge in [0, 0.05) is 24.4 Å². The lowest BCUT2D eigenvalue weighted by Gasteiger charge is -2.22. The highest BCUT2D eigenvalue weighted by atomic mass is 32.2. The molecular weight excluding hydrogens is 258 g/mol. The summed E-state index contributed by atoms with van der Waals surface area (Å²) in [5, 5.41) is 2.54. The summed E-state index contributed by atoms with van der Waals surface area (Å²) in [7, 11) is -0.821. The van der Waals surface area contributed by atoms with E-state index in [1.54, 1.807) is 0 Å². The van der Waals surface area contributed by atoms with Gasteiger partial charge in [-0.05, 0) is 13.5 Å². The van der Waals surface area contributed by atoms with Gasteiger partial charge >= 0.3 is 0 Å². The zero-order chi connectivity index (χ0) is 12.5. The van der Waals surface area contributed by atoms with Crippen LogP contribution in [0.1, 0.15) is 12.1 Å². The van der Waals surface area contributed by atoms with E-state index in [1.807, 2.05) is 12.4 Å². The van der Waals surface area contributed by atoms with Gasteiger partial charge in [0.15, 0.2) is 15.0 Å². The Morgan fingerprint density at radius 3 is 2.94 bits per heavy atom. The number of aromatic nitrogens is 1. The molecule has 1 aromatic rings. The lowest BCUT2D eigenvalue weighted by Crippen LogP contribution is -2.34. The van der Waals surface area contributed by atoms with Crippen LogP contribution >= 0.6 is 11.3 Å². The van der Waals surface area contributed by atoms with Gasteiger partial charge < -0.3 is 10.6 Å². The second-order valence-electron chi connectivity index (χ2n) is 4.46. The zero-order valence-corrected chi connectivity index (χ0v) is 11.4. The lowest BCUT2D eigenvalue weighted by atomic mass is 10.2. The molecule has 1 atom stereocenters. The van der Waals surface area contributed by atoms with E-state index in [9.17, 15) is 8.42 Å². The minimum atomic E-state index is -2.79. The van der Waals surface area contributed by atoms with E-state index < -0.39 is 9.84 Å². The number of hydrogen-bond donors (Lipinski definition) is 1. The SMILES string of the molecule is CN(CCc1csc(N)n1)C1CCS(=O)(=O)C1.